The van der Waals surface area contributed by atoms with E-state index in [-0.39, 0.29) is 23.4 Å². The van der Waals surface area contributed by atoms with Crippen LogP contribution in [-0.2, 0) is 4.79 Å². The van der Waals surface area contributed by atoms with Crippen molar-refractivity contribution in [3.8, 4) is 0 Å². The van der Waals surface area contributed by atoms with Gasteiger partial charge in [-0.25, -0.2) is 0 Å². The molecule has 0 saturated heterocycles. The molecule has 2 atom stereocenters. The molecule has 0 aliphatic carbocycles. The van der Waals surface area contributed by atoms with Gasteiger partial charge in [-0.15, -0.1) is 0 Å². The van der Waals surface area contributed by atoms with Crippen LogP contribution in [0.5, 0.6) is 0 Å². The molecule has 0 saturated carbocycles. The van der Waals surface area contributed by atoms with E-state index in [2.05, 4.69) is 26.1 Å². The molecule has 1 aromatic carbocycles. The van der Waals surface area contributed by atoms with Crippen LogP contribution in [0, 0.1) is 5.41 Å². The van der Waals surface area contributed by atoms with Crippen molar-refractivity contribution in [2.75, 3.05) is 0 Å². The van der Waals surface area contributed by atoms with Gasteiger partial charge in [-0.1, -0.05) is 44.5 Å². The number of hydrogen-bond donors (Lipinski definition) is 2. The van der Waals surface area contributed by atoms with E-state index >= 15 is 0 Å². The fraction of sp³-hybridized carbons (Fsp3) is 0.562. The zero-order valence-corrected chi connectivity index (χ0v) is 13.5. The number of carbonyl (C=O) groups is 1. The Morgan fingerprint density at radius 2 is 2.05 bits per heavy atom. The first kappa shape index (κ1) is 17.0. The lowest BCUT2D eigenvalue weighted by Crippen LogP contribution is -2.35. The van der Waals surface area contributed by atoms with E-state index in [1.165, 1.54) is 0 Å². The second kappa shape index (κ2) is 7.09. The summed E-state index contributed by atoms with van der Waals surface area (Å²) in [5.74, 6) is -0.0192. The number of rotatable bonds is 5. The van der Waals surface area contributed by atoms with Gasteiger partial charge in [0.1, 0.15) is 0 Å². The molecule has 1 unspecified atom stereocenters. The Labute approximate surface area is 126 Å². The molecule has 0 spiro atoms. The smallest absolute Gasteiger partial charge is 0.222 e. The maximum Gasteiger partial charge on any atom is 0.222 e. The summed E-state index contributed by atoms with van der Waals surface area (Å²) in [7, 11) is 0. The van der Waals surface area contributed by atoms with E-state index in [0.717, 1.165) is 12.0 Å². The van der Waals surface area contributed by atoms with Crippen LogP contribution in [0.3, 0.4) is 0 Å². The summed E-state index contributed by atoms with van der Waals surface area (Å²) in [5.41, 5.74) is 7.15. The third kappa shape index (κ3) is 6.40. The molecule has 0 radical (unpaired) electrons. The maximum atomic E-state index is 12.0. The van der Waals surface area contributed by atoms with Gasteiger partial charge in [0.2, 0.25) is 5.91 Å². The number of nitrogens with two attached hydrogens (primary N) is 1. The van der Waals surface area contributed by atoms with Gasteiger partial charge in [0.15, 0.2) is 0 Å². The van der Waals surface area contributed by atoms with Crippen molar-refractivity contribution in [2.24, 2.45) is 11.1 Å². The van der Waals surface area contributed by atoms with E-state index < -0.39 is 0 Å². The summed E-state index contributed by atoms with van der Waals surface area (Å²) < 4.78 is 0. The minimum absolute atomic E-state index is 0.0192. The van der Waals surface area contributed by atoms with E-state index in [9.17, 15) is 4.79 Å². The molecule has 0 aromatic heterocycles. The lowest BCUT2D eigenvalue weighted by molar-refractivity contribution is -0.122. The Morgan fingerprint density at radius 3 is 2.60 bits per heavy atom. The zero-order chi connectivity index (χ0) is 15.3. The van der Waals surface area contributed by atoms with Crippen molar-refractivity contribution in [1.29, 1.82) is 0 Å². The highest BCUT2D eigenvalue weighted by Crippen LogP contribution is 2.21. The third-order valence-corrected chi connectivity index (χ3v) is 3.28. The maximum absolute atomic E-state index is 12.0. The number of amides is 1. The van der Waals surface area contributed by atoms with E-state index in [1.807, 2.05) is 31.2 Å². The highest BCUT2D eigenvalue weighted by molar-refractivity contribution is 6.30. The van der Waals surface area contributed by atoms with Crippen LogP contribution in [0.4, 0.5) is 0 Å². The van der Waals surface area contributed by atoms with E-state index in [1.54, 1.807) is 0 Å². The molecule has 0 bridgehead atoms. The first-order valence-electron chi connectivity index (χ1n) is 6.98. The van der Waals surface area contributed by atoms with Gasteiger partial charge in [-0.3, -0.25) is 4.79 Å². The van der Waals surface area contributed by atoms with Gasteiger partial charge in [0.05, 0.1) is 6.04 Å². The SMILES string of the molecule is C[C@@H](NC(=O)CC(N)CC(C)(C)C)c1cccc(Cl)c1. The predicted molar refractivity (Wildman–Crippen MR) is 84.7 cm³/mol. The van der Waals surface area contributed by atoms with E-state index in [4.69, 9.17) is 17.3 Å². The van der Waals surface area contributed by atoms with Gasteiger partial charge >= 0.3 is 0 Å². The number of nitrogens with one attached hydrogen (secondary N) is 1. The summed E-state index contributed by atoms with van der Waals surface area (Å²) >= 11 is 5.95. The molecular weight excluding hydrogens is 272 g/mol. The molecule has 0 heterocycles. The molecule has 1 amide bonds. The normalized spacial score (nSPS) is 14.7. The fourth-order valence-electron chi connectivity index (χ4n) is 2.26. The van der Waals surface area contributed by atoms with Gasteiger partial charge in [-0.2, -0.15) is 0 Å². The van der Waals surface area contributed by atoms with Gasteiger partial charge in [0, 0.05) is 17.5 Å². The zero-order valence-electron chi connectivity index (χ0n) is 12.7. The van der Waals surface area contributed by atoms with Crippen molar-refractivity contribution in [2.45, 2.75) is 52.6 Å². The Bertz CT molecular complexity index is 454. The number of halogens is 1. The number of hydrogen-bond acceptors (Lipinski definition) is 2. The highest BCUT2D eigenvalue weighted by Gasteiger charge is 2.19. The minimum atomic E-state index is -0.110. The van der Waals surface area contributed by atoms with Gasteiger partial charge in [0.25, 0.3) is 0 Å². The van der Waals surface area contributed by atoms with Crippen LogP contribution in [-0.4, -0.2) is 11.9 Å². The Hall–Kier alpha value is -1.06. The van der Waals surface area contributed by atoms with Crippen molar-refractivity contribution >= 4 is 17.5 Å². The van der Waals surface area contributed by atoms with Crippen molar-refractivity contribution in [3.63, 3.8) is 0 Å². The first-order chi connectivity index (χ1) is 9.17. The summed E-state index contributed by atoms with van der Waals surface area (Å²) in [6, 6.07) is 7.34. The van der Waals surface area contributed by atoms with Crippen LogP contribution in [0.15, 0.2) is 24.3 Å². The third-order valence-electron chi connectivity index (χ3n) is 3.05. The van der Waals surface area contributed by atoms with Crippen molar-refractivity contribution < 1.29 is 4.79 Å². The van der Waals surface area contributed by atoms with Crippen LogP contribution in [0.2, 0.25) is 5.02 Å². The molecule has 0 fully saturated rings. The monoisotopic (exact) mass is 296 g/mol. The lowest BCUT2D eigenvalue weighted by Gasteiger charge is -2.23. The van der Waals surface area contributed by atoms with Crippen LogP contribution >= 0.6 is 11.6 Å². The molecule has 3 N–H and O–H groups in total. The molecule has 4 heteroatoms. The molecule has 1 rings (SSSR count). The summed E-state index contributed by atoms with van der Waals surface area (Å²) in [6.45, 7) is 8.32. The molecule has 3 nitrogen and oxygen atoms in total. The fourth-order valence-corrected chi connectivity index (χ4v) is 2.46. The number of benzene rings is 1. The summed E-state index contributed by atoms with van der Waals surface area (Å²) in [5, 5.41) is 3.64. The van der Waals surface area contributed by atoms with Crippen molar-refractivity contribution in [3.05, 3.63) is 34.9 Å². The Kier molecular flexibility index (Phi) is 6.03. The summed E-state index contributed by atoms with van der Waals surface area (Å²) in [6.07, 6.45) is 1.17. The second-order valence-electron chi connectivity index (χ2n) is 6.57. The molecule has 0 aliphatic rings. The number of carbonyl (C=O) groups excluding carboxylic acids is 1. The standard InChI is InChI=1S/C16H25ClN2O/c1-11(12-6-5-7-13(17)8-12)19-15(20)9-14(18)10-16(2,3)4/h5-8,11,14H,9-10,18H2,1-4H3,(H,19,20)/t11-,14?/m1/s1. The van der Waals surface area contributed by atoms with Crippen molar-refractivity contribution in [1.82, 2.24) is 5.32 Å². The second-order valence-corrected chi connectivity index (χ2v) is 7.01. The average molecular weight is 297 g/mol. The summed E-state index contributed by atoms with van der Waals surface area (Å²) in [4.78, 5) is 12.0. The van der Waals surface area contributed by atoms with Crippen LogP contribution < -0.4 is 11.1 Å². The molecule has 0 aliphatic heterocycles. The lowest BCUT2D eigenvalue weighted by atomic mass is 9.87. The molecule has 112 valence electrons. The molecular formula is C16H25ClN2O. The molecule has 20 heavy (non-hydrogen) atoms. The van der Waals surface area contributed by atoms with Gasteiger partial charge in [-0.05, 0) is 36.5 Å². The Balaban J connectivity index is 2.50. The van der Waals surface area contributed by atoms with Crippen LogP contribution in [0.25, 0.3) is 0 Å². The van der Waals surface area contributed by atoms with Gasteiger partial charge < -0.3 is 11.1 Å². The van der Waals surface area contributed by atoms with E-state index in [0.29, 0.717) is 11.4 Å². The Morgan fingerprint density at radius 1 is 1.40 bits per heavy atom. The largest absolute Gasteiger partial charge is 0.350 e. The minimum Gasteiger partial charge on any atom is -0.350 e. The predicted octanol–water partition coefficient (Wildman–Crippen LogP) is 3.67. The molecule has 1 aromatic rings. The highest BCUT2D eigenvalue weighted by atomic mass is 35.5. The van der Waals surface area contributed by atoms with Crippen LogP contribution in [0.1, 0.15) is 52.1 Å². The quantitative estimate of drug-likeness (QED) is 0.871. The first-order valence-corrected chi connectivity index (χ1v) is 7.35. The topological polar surface area (TPSA) is 55.1 Å². The average Bonchev–Trinajstić information content (AvgIpc) is 2.25.